The van der Waals surface area contributed by atoms with Gasteiger partial charge in [-0.15, -0.1) is 0 Å². The van der Waals surface area contributed by atoms with Gasteiger partial charge in [0.05, 0.1) is 5.52 Å². The molecule has 108 valence electrons. The molecule has 0 atom stereocenters. The molecular weight excluding hydrogens is 252 g/mol. The standard InChI is InChI=1S/C16H22N2O2/c1-3-13-6-4-7-14-8-10-18(16(13)14)12-15(19)17-9-5-11-20-2/h4,6-8,10H,3,5,9,11-12H2,1-2H3,(H,17,19). The molecule has 0 saturated heterocycles. The Morgan fingerprint density at radius 3 is 2.95 bits per heavy atom. The molecule has 2 aromatic rings. The number of hydrogen-bond acceptors (Lipinski definition) is 2. The van der Waals surface area contributed by atoms with Gasteiger partial charge in [-0.2, -0.15) is 0 Å². The molecule has 0 aliphatic carbocycles. The molecule has 0 saturated carbocycles. The highest BCUT2D eigenvalue weighted by atomic mass is 16.5. The topological polar surface area (TPSA) is 43.3 Å². The molecule has 1 aromatic carbocycles. The van der Waals surface area contributed by atoms with Gasteiger partial charge >= 0.3 is 0 Å². The maximum atomic E-state index is 11.9. The second kappa shape index (κ2) is 7.10. The zero-order valence-corrected chi connectivity index (χ0v) is 12.2. The van der Waals surface area contributed by atoms with Gasteiger partial charge in [0, 0.05) is 26.5 Å². The number of carbonyl (C=O) groups is 1. The predicted molar refractivity (Wildman–Crippen MR) is 80.8 cm³/mol. The van der Waals surface area contributed by atoms with Crippen LogP contribution >= 0.6 is 0 Å². The molecule has 4 heteroatoms. The van der Waals surface area contributed by atoms with Gasteiger partial charge < -0.3 is 14.6 Å². The highest BCUT2D eigenvalue weighted by Gasteiger charge is 2.08. The summed E-state index contributed by atoms with van der Waals surface area (Å²) >= 11 is 0. The van der Waals surface area contributed by atoms with Crippen molar-refractivity contribution in [3.8, 4) is 0 Å². The first-order valence-electron chi connectivity index (χ1n) is 7.08. The zero-order chi connectivity index (χ0) is 14.4. The van der Waals surface area contributed by atoms with Crippen LogP contribution in [0.2, 0.25) is 0 Å². The molecule has 0 unspecified atom stereocenters. The number of nitrogens with one attached hydrogen (secondary N) is 1. The number of amides is 1. The van der Waals surface area contributed by atoms with Gasteiger partial charge in [-0.3, -0.25) is 4.79 Å². The van der Waals surface area contributed by atoms with Crippen molar-refractivity contribution in [2.75, 3.05) is 20.3 Å². The highest BCUT2D eigenvalue weighted by molar-refractivity contribution is 5.85. The Balaban J connectivity index is 2.04. The number of carbonyl (C=O) groups excluding carboxylic acids is 1. The van der Waals surface area contributed by atoms with Crippen LogP contribution < -0.4 is 5.32 Å². The van der Waals surface area contributed by atoms with E-state index in [1.54, 1.807) is 7.11 Å². The second-order valence-electron chi connectivity index (χ2n) is 4.85. The average Bonchev–Trinajstić information content (AvgIpc) is 2.87. The molecule has 1 N–H and O–H groups in total. The Kier molecular flexibility index (Phi) is 5.18. The van der Waals surface area contributed by atoms with Crippen molar-refractivity contribution in [1.82, 2.24) is 9.88 Å². The normalized spacial score (nSPS) is 10.9. The summed E-state index contributed by atoms with van der Waals surface area (Å²) in [6, 6.07) is 8.33. The minimum Gasteiger partial charge on any atom is -0.385 e. The van der Waals surface area contributed by atoms with E-state index in [2.05, 4.69) is 36.5 Å². The monoisotopic (exact) mass is 274 g/mol. The van der Waals surface area contributed by atoms with Crippen LogP contribution in [0.4, 0.5) is 0 Å². The fourth-order valence-electron chi connectivity index (χ4n) is 2.41. The summed E-state index contributed by atoms with van der Waals surface area (Å²) in [6.45, 7) is 3.84. The van der Waals surface area contributed by atoms with E-state index in [-0.39, 0.29) is 5.91 Å². The predicted octanol–water partition coefficient (Wildman–Crippen LogP) is 2.36. The number of nitrogens with zero attached hydrogens (tertiary/aromatic N) is 1. The van der Waals surface area contributed by atoms with Gasteiger partial charge in [0.15, 0.2) is 0 Å². The molecule has 1 heterocycles. The lowest BCUT2D eigenvalue weighted by molar-refractivity contribution is -0.121. The molecule has 0 aliphatic rings. The molecule has 0 fully saturated rings. The molecule has 1 aromatic heterocycles. The third-order valence-electron chi connectivity index (χ3n) is 3.41. The summed E-state index contributed by atoms with van der Waals surface area (Å²) in [5, 5.41) is 4.11. The van der Waals surface area contributed by atoms with E-state index in [1.807, 2.05) is 10.8 Å². The van der Waals surface area contributed by atoms with Crippen LogP contribution in [-0.4, -0.2) is 30.7 Å². The van der Waals surface area contributed by atoms with E-state index in [0.29, 0.717) is 19.7 Å². The summed E-state index contributed by atoms with van der Waals surface area (Å²) in [4.78, 5) is 11.9. The number of aryl methyl sites for hydroxylation is 1. The lowest BCUT2D eigenvalue weighted by Gasteiger charge is -2.09. The lowest BCUT2D eigenvalue weighted by Crippen LogP contribution is -2.28. The van der Waals surface area contributed by atoms with Crippen molar-refractivity contribution in [1.29, 1.82) is 0 Å². The molecule has 20 heavy (non-hydrogen) atoms. The molecular formula is C16H22N2O2. The van der Waals surface area contributed by atoms with E-state index >= 15 is 0 Å². The minimum atomic E-state index is 0.0458. The van der Waals surface area contributed by atoms with Crippen LogP contribution in [0, 0.1) is 0 Å². The number of hydrogen-bond donors (Lipinski definition) is 1. The van der Waals surface area contributed by atoms with Crippen LogP contribution in [0.1, 0.15) is 18.9 Å². The van der Waals surface area contributed by atoms with E-state index in [1.165, 1.54) is 16.5 Å². The third-order valence-corrected chi connectivity index (χ3v) is 3.41. The summed E-state index contributed by atoms with van der Waals surface area (Å²) in [6.07, 6.45) is 3.80. The van der Waals surface area contributed by atoms with E-state index in [4.69, 9.17) is 4.74 Å². The number of aromatic nitrogens is 1. The molecule has 0 spiro atoms. The van der Waals surface area contributed by atoms with E-state index < -0.39 is 0 Å². The Hall–Kier alpha value is -1.81. The summed E-state index contributed by atoms with van der Waals surface area (Å²) in [5.41, 5.74) is 2.45. The maximum Gasteiger partial charge on any atom is 0.239 e. The van der Waals surface area contributed by atoms with E-state index in [0.717, 1.165) is 12.8 Å². The van der Waals surface area contributed by atoms with Crippen molar-refractivity contribution in [3.63, 3.8) is 0 Å². The van der Waals surface area contributed by atoms with Gasteiger partial charge in [0.1, 0.15) is 6.54 Å². The third kappa shape index (κ3) is 3.39. The SMILES string of the molecule is CCc1cccc2ccn(CC(=O)NCCCOC)c12. The number of benzene rings is 1. The molecule has 4 nitrogen and oxygen atoms in total. The first-order valence-corrected chi connectivity index (χ1v) is 7.08. The molecule has 0 bridgehead atoms. The smallest absolute Gasteiger partial charge is 0.239 e. The first kappa shape index (κ1) is 14.6. The van der Waals surface area contributed by atoms with Crippen LogP contribution in [0.5, 0.6) is 0 Å². The Bertz CT molecular complexity index is 575. The second-order valence-corrected chi connectivity index (χ2v) is 4.85. The van der Waals surface area contributed by atoms with Crippen LogP contribution in [0.3, 0.4) is 0 Å². The zero-order valence-electron chi connectivity index (χ0n) is 12.2. The van der Waals surface area contributed by atoms with Crippen molar-refractivity contribution in [2.24, 2.45) is 0 Å². The van der Waals surface area contributed by atoms with Gasteiger partial charge in [-0.25, -0.2) is 0 Å². The molecule has 1 amide bonds. The quantitative estimate of drug-likeness (QED) is 0.788. The summed E-state index contributed by atoms with van der Waals surface area (Å²) < 4.78 is 6.99. The molecule has 0 radical (unpaired) electrons. The largest absolute Gasteiger partial charge is 0.385 e. The fourth-order valence-corrected chi connectivity index (χ4v) is 2.41. The summed E-state index contributed by atoms with van der Waals surface area (Å²) in [7, 11) is 1.67. The average molecular weight is 274 g/mol. The minimum absolute atomic E-state index is 0.0458. The first-order chi connectivity index (χ1) is 9.76. The maximum absolute atomic E-state index is 11.9. The number of para-hydroxylation sites is 1. The van der Waals surface area contributed by atoms with Gasteiger partial charge in [0.2, 0.25) is 5.91 Å². The summed E-state index contributed by atoms with van der Waals surface area (Å²) in [5.74, 6) is 0.0458. The van der Waals surface area contributed by atoms with Crippen LogP contribution in [0.15, 0.2) is 30.5 Å². The van der Waals surface area contributed by atoms with Gasteiger partial charge in [-0.05, 0) is 29.9 Å². The number of rotatable bonds is 7. The number of ether oxygens (including phenoxy) is 1. The van der Waals surface area contributed by atoms with Crippen molar-refractivity contribution < 1.29 is 9.53 Å². The number of methoxy groups -OCH3 is 1. The molecule has 2 rings (SSSR count). The van der Waals surface area contributed by atoms with Gasteiger partial charge in [-0.1, -0.05) is 25.1 Å². The highest BCUT2D eigenvalue weighted by Crippen LogP contribution is 2.20. The Labute approximate surface area is 119 Å². The lowest BCUT2D eigenvalue weighted by atomic mass is 10.1. The Morgan fingerprint density at radius 2 is 2.20 bits per heavy atom. The fraction of sp³-hybridized carbons (Fsp3) is 0.438. The number of fused-ring (bicyclic) bond motifs is 1. The van der Waals surface area contributed by atoms with Crippen LogP contribution in [-0.2, 0) is 22.5 Å². The molecule has 0 aliphatic heterocycles. The van der Waals surface area contributed by atoms with Crippen molar-refractivity contribution in [3.05, 3.63) is 36.0 Å². The van der Waals surface area contributed by atoms with Crippen LogP contribution in [0.25, 0.3) is 10.9 Å². The van der Waals surface area contributed by atoms with Gasteiger partial charge in [0.25, 0.3) is 0 Å². The van der Waals surface area contributed by atoms with E-state index in [9.17, 15) is 4.79 Å². The van der Waals surface area contributed by atoms with Crippen molar-refractivity contribution >= 4 is 16.8 Å². The van der Waals surface area contributed by atoms with Crippen molar-refractivity contribution in [2.45, 2.75) is 26.3 Å². The Morgan fingerprint density at radius 1 is 1.35 bits per heavy atom.